The molecule has 0 spiro atoms. The molecule has 9 heteroatoms. The van der Waals surface area contributed by atoms with Crippen LogP contribution in [0.25, 0.3) is 11.4 Å². The molecule has 2 N–H and O–H groups in total. The summed E-state index contributed by atoms with van der Waals surface area (Å²) >= 11 is 1.37. The maximum atomic E-state index is 6.14. The van der Waals surface area contributed by atoms with Gasteiger partial charge in [0.05, 0.1) is 5.75 Å². The predicted octanol–water partition coefficient (Wildman–Crippen LogP) is 4.60. The first-order valence-electron chi connectivity index (χ1n) is 10.5. The maximum absolute atomic E-state index is 6.14. The summed E-state index contributed by atoms with van der Waals surface area (Å²) in [6.07, 6.45) is 0.992. The Labute approximate surface area is 191 Å². The number of nitrogens with two attached hydrogens (primary N) is 1. The van der Waals surface area contributed by atoms with Gasteiger partial charge in [-0.3, -0.25) is 0 Å². The van der Waals surface area contributed by atoms with Crippen LogP contribution in [0.4, 0.5) is 0 Å². The number of ether oxygens (including phenoxy) is 1. The van der Waals surface area contributed by atoms with Gasteiger partial charge in [-0.25, -0.2) is 4.68 Å². The van der Waals surface area contributed by atoms with Crippen LogP contribution in [0.3, 0.4) is 0 Å². The molecule has 2 heterocycles. The smallest absolute Gasteiger partial charge is 0.237 e. The molecule has 0 aliphatic heterocycles. The molecule has 4 rings (SSSR count). The molecule has 0 saturated carbocycles. The number of nitrogen functional groups attached to an aromatic ring is 1. The Morgan fingerprint density at radius 2 is 1.81 bits per heavy atom. The van der Waals surface area contributed by atoms with Crippen molar-refractivity contribution >= 4 is 11.8 Å². The molecule has 2 aromatic heterocycles. The molecule has 32 heavy (non-hydrogen) atoms. The third-order valence-corrected chi connectivity index (χ3v) is 5.99. The van der Waals surface area contributed by atoms with Crippen LogP contribution < -0.4 is 10.6 Å². The fourth-order valence-corrected chi connectivity index (χ4v) is 3.76. The first-order chi connectivity index (χ1) is 15.5. The quantitative estimate of drug-likeness (QED) is 0.291. The molecule has 0 atom stereocenters. The third kappa shape index (κ3) is 5.11. The second-order valence-corrected chi connectivity index (χ2v) is 8.57. The summed E-state index contributed by atoms with van der Waals surface area (Å²) in [5.74, 6) is 9.41. The Hall–Kier alpha value is -3.33. The van der Waals surface area contributed by atoms with E-state index < -0.39 is 0 Å². The van der Waals surface area contributed by atoms with Gasteiger partial charge in [0.15, 0.2) is 5.82 Å². The molecular formula is C23H26N6O2S. The van der Waals surface area contributed by atoms with E-state index in [-0.39, 0.29) is 6.61 Å². The first-order valence-corrected chi connectivity index (χ1v) is 11.5. The van der Waals surface area contributed by atoms with E-state index in [1.165, 1.54) is 27.6 Å². The van der Waals surface area contributed by atoms with Gasteiger partial charge in [-0.2, -0.15) is 4.98 Å². The summed E-state index contributed by atoms with van der Waals surface area (Å²) in [5.41, 5.74) is 3.45. The molecule has 0 radical (unpaired) electrons. The summed E-state index contributed by atoms with van der Waals surface area (Å²) in [5, 5.41) is 12.9. The monoisotopic (exact) mass is 450 g/mol. The molecule has 0 amide bonds. The van der Waals surface area contributed by atoms with E-state index in [0.717, 1.165) is 17.7 Å². The van der Waals surface area contributed by atoms with Gasteiger partial charge in [0, 0.05) is 5.56 Å². The van der Waals surface area contributed by atoms with Crippen molar-refractivity contribution in [3.63, 3.8) is 0 Å². The van der Waals surface area contributed by atoms with Crippen LogP contribution in [0, 0.1) is 0 Å². The minimum absolute atomic E-state index is 0.226. The van der Waals surface area contributed by atoms with Crippen LogP contribution in [0.15, 0.2) is 58.2 Å². The van der Waals surface area contributed by atoms with Crippen molar-refractivity contribution in [2.45, 2.75) is 50.6 Å². The maximum Gasteiger partial charge on any atom is 0.237 e. The summed E-state index contributed by atoms with van der Waals surface area (Å²) in [6.45, 7) is 6.66. The lowest BCUT2D eigenvalue weighted by molar-refractivity contribution is 0.291. The van der Waals surface area contributed by atoms with Gasteiger partial charge >= 0.3 is 0 Å². The van der Waals surface area contributed by atoms with Crippen LogP contribution in [-0.2, 0) is 18.8 Å². The number of thioether (sulfide) groups is 1. The van der Waals surface area contributed by atoms with Gasteiger partial charge in [0.1, 0.15) is 12.4 Å². The Bertz CT molecular complexity index is 1150. The van der Waals surface area contributed by atoms with Crippen molar-refractivity contribution in [1.82, 2.24) is 25.0 Å². The number of hydrogen-bond donors (Lipinski definition) is 1. The first kappa shape index (κ1) is 21.9. The van der Waals surface area contributed by atoms with Crippen LogP contribution in [0.5, 0.6) is 5.75 Å². The summed E-state index contributed by atoms with van der Waals surface area (Å²) in [4.78, 5) is 4.46. The van der Waals surface area contributed by atoms with Gasteiger partial charge in [-0.15, -0.1) is 10.2 Å². The van der Waals surface area contributed by atoms with Crippen molar-refractivity contribution in [3.8, 4) is 17.1 Å². The zero-order valence-electron chi connectivity index (χ0n) is 18.4. The third-order valence-electron chi connectivity index (χ3n) is 5.06. The van der Waals surface area contributed by atoms with Crippen molar-refractivity contribution < 1.29 is 9.26 Å². The van der Waals surface area contributed by atoms with Crippen LogP contribution in [0.2, 0.25) is 0 Å². The lowest BCUT2D eigenvalue weighted by Crippen LogP contribution is -2.15. The van der Waals surface area contributed by atoms with E-state index >= 15 is 0 Å². The molecule has 0 bridgehead atoms. The molecule has 0 saturated heterocycles. The minimum atomic E-state index is 0.226. The largest absolute Gasteiger partial charge is 0.486 e. The highest BCUT2D eigenvalue weighted by Crippen LogP contribution is 2.23. The number of hydrogen-bond acceptors (Lipinski definition) is 8. The van der Waals surface area contributed by atoms with Crippen LogP contribution in [0.1, 0.15) is 49.5 Å². The Balaban J connectivity index is 1.33. The predicted molar refractivity (Wildman–Crippen MR) is 124 cm³/mol. The molecular weight excluding hydrogens is 424 g/mol. The molecule has 0 aliphatic rings. The second kappa shape index (κ2) is 9.86. The average molecular weight is 451 g/mol. The second-order valence-electron chi connectivity index (χ2n) is 7.63. The van der Waals surface area contributed by atoms with E-state index in [0.29, 0.717) is 34.4 Å². The van der Waals surface area contributed by atoms with Crippen molar-refractivity contribution in [2.75, 3.05) is 5.84 Å². The molecule has 0 unspecified atom stereocenters. The highest BCUT2D eigenvalue weighted by molar-refractivity contribution is 7.98. The zero-order valence-corrected chi connectivity index (χ0v) is 19.2. The fraction of sp³-hybridized carbons (Fsp3) is 0.304. The SMILES string of the molecule is CCc1ccc(-c2noc(CSc3nnc(COc4ccc(C(C)C)cc4)n3N)n2)cc1. The summed E-state index contributed by atoms with van der Waals surface area (Å²) in [6, 6.07) is 16.2. The highest BCUT2D eigenvalue weighted by atomic mass is 32.2. The minimum Gasteiger partial charge on any atom is -0.486 e. The molecule has 2 aromatic carbocycles. The van der Waals surface area contributed by atoms with Crippen molar-refractivity contribution in [2.24, 2.45) is 0 Å². The Kier molecular flexibility index (Phi) is 6.75. The van der Waals surface area contributed by atoms with Gasteiger partial charge in [0.25, 0.3) is 0 Å². The summed E-state index contributed by atoms with van der Waals surface area (Å²) in [7, 11) is 0. The molecule has 8 nitrogen and oxygen atoms in total. The number of nitrogens with zero attached hydrogens (tertiary/aromatic N) is 5. The fourth-order valence-electron chi connectivity index (χ4n) is 3.05. The number of aryl methyl sites for hydroxylation is 1. The van der Waals surface area contributed by atoms with Crippen molar-refractivity contribution in [1.29, 1.82) is 0 Å². The van der Waals surface area contributed by atoms with E-state index in [9.17, 15) is 0 Å². The lowest BCUT2D eigenvalue weighted by Gasteiger charge is -2.08. The average Bonchev–Trinajstić information content (AvgIpc) is 3.43. The van der Waals surface area contributed by atoms with Gasteiger partial charge in [-0.05, 0) is 35.6 Å². The molecule has 4 aromatic rings. The standard InChI is InChI=1S/C23H26N6O2S/c1-4-16-5-7-18(8-6-16)22-25-21(31-28-22)14-32-23-27-26-20(29(23)24)13-30-19-11-9-17(10-12-19)15(2)3/h5-12,15H,4,13-14,24H2,1-3H3. The number of aromatic nitrogens is 5. The Morgan fingerprint density at radius 3 is 2.50 bits per heavy atom. The van der Waals surface area contributed by atoms with E-state index in [1.807, 2.05) is 24.3 Å². The van der Waals surface area contributed by atoms with E-state index in [2.05, 4.69) is 65.4 Å². The lowest BCUT2D eigenvalue weighted by atomic mass is 10.0. The van der Waals surface area contributed by atoms with Crippen molar-refractivity contribution in [3.05, 3.63) is 71.4 Å². The molecule has 166 valence electrons. The zero-order chi connectivity index (χ0) is 22.5. The van der Waals surface area contributed by atoms with Gasteiger partial charge in [-0.1, -0.05) is 74.1 Å². The summed E-state index contributed by atoms with van der Waals surface area (Å²) < 4.78 is 12.6. The topological polar surface area (TPSA) is 105 Å². The van der Waals surface area contributed by atoms with Crippen LogP contribution >= 0.6 is 11.8 Å². The van der Waals surface area contributed by atoms with E-state index in [4.69, 9.17) is 15.1 Å². The van der Waals surface area contributed by atoms with E-state index in [1.54, 1.807) is 0 Å². The van der Waals surface area contributed by atoms with Gasteiger partial charge < -0.3 is 15.1 Å². The Morgan fingerprint density at radius 1 is 1.06 bits per heavy atom. The normalized spacial score (nSPS) is 11.2. The van der Waals surface area contributed by atoms with Crippen LogP contribution in [-0.4, -0.2) is 25.0 Å². The molecule has 0 fully saturated rings. The number of benzene rings is 2. The number of rotatable bonds is 9. The highest BCUT2D eigenvalue weighted by Gasteiger charge is 2.14. The molecule has 0 aliphatic carbocycles. The van der Waals surface area contributed by atoms with Gasteiger partial charge in [0.2, 0.25) is 16.9 Å².